The second-order valence-corrected chi connectivity index (χ2v) is 4.50. The van der Waals surface area contributed by atoms with Crippen molar-refractivity contribution in [2.24, 2.45) is 0 Å². The van der Waals surface area contributed by atoms with Crippen LogP contribution in [0.15, 0.2) is 42.5 Å². The quantitative estimate of drug-likeness (QED) is 0.877. The number of anilines is 2. The molecule has 0 spiro atoms. The van der Waals surface area contributed by atoms with Crippen LogP contribution < -0.4 is 20.1 Å². The third-order valence-corrected chi connectivity index (χ3v) is 3.21. The molecule has 2 rings (SSSR count). The maximum atomic E-state index is 12.7. The lowest BCUT2D eigenvalue weighted by atomic mass is 10.1. The first-order valence-corrected chi connectivity index (χ1v) is 6.43. The summed E-state index contributed by atoms with van der Waals surface area (Å²) in [7, 11) is 4.77. The Morgan fingerprint density at radius 2 is 1.71 bits per heavy atom. The fourth-order valence-electron chi connectivity index (χ4n) is 2.09. The number of nitrogen functional groups attached to an aromatic ring is 1. The van der Waals surface area contributed by atoms with Gasteiger partial charge in [-0.2, -0.15) is 0 Å². The highest BCUT2D eigenvalue weighted by molar-refractivity contribution is 6.08. The monoisotopic (exact) mass is 286 g/mol. The van der Waals surface area contributed by atoms with Crippen LogP contribution in [0.2, 0.25) is 0 Å². The van der Waals surface area contributed by atoms with E-state index in [0.29, 0.717) is 28.4 Å². The van der Waals surface area contributed by atoms with Gasteiger partial charge in [0, 0.05) is 12.7 Å². The van der Waals surface area contributed by atoms with Crippen molar-refractivity contribution in [2.45, 2.75) is 0 Å². The third kappa shape index (κ3) is 2.91. The maximum Gasteiger partial charge on any atom is 0.261 e. The van der Waals surface area contributed by atoms with Gasteiger partial charge < -0.3 is 20.1 Å². The van der Waals surface area contributed by atoms with Crippen LogP contribution in [-0.2, 0) is 0 Å². The number of carbonyl (C=O) groups is 1. The average Bonchev–Trinajstić information content (AvgIpc) is 2.53. The van der Waals surface area contributed by atoms with Gasteiger partial charge in [-0.15, -0.1) is 0 Å². The zero-order valence-electron chi connectivity index (χ0n) is 12.3. The van der Waals surface area contributed by atoms with E-state index in [9.17, 15) is 4.79 Å². The van der Waals surface area contributed by atoms with E-state index in [0.717, 1.165) is 0 Å². The van der Waals surface area contributed by atoms with Gasteiger partial charge in [-0.05, 0) is 30.3 Å². The van der Waals surface area contributed by atoms with Gasteiger partial charge in [-0.25, -0.2) is 0 Å². The number of hydrogen-bond donors (Lipinski definition) is 1. The Bertz CT molecular complexity index is 656. The predicted molar refractivity (Wildman–Crippen MR) is 83.1 cm³/mol. The van der Waals surface area contributed by atoms with Crippen LogP contribution in [-0.4, -0.2) is 27.2 Å². The molecule has 0 atom stereocenters. The zero-order chi connectivity index (χ0) is 15.4. The maximum absolute atomic E-state index is 12.7. The number of rotatable bonds is 4. The van der Waals surface area contributed by atoms with E-state index in [1.807, 2.05) is 18.2 Å². The van der Waals surface area contributed by atoms with Crippen LogP contribution in [0.1, 0.15) is 10.4 Å². The number of hydrogen-bond acceptors (Lipinski definition) is 4. The molecular weight excluding hydrogens is 268 g/mol. The SMILES string of the molecule is COc1ccc(N)cc1C(=O)N(C)c1ccccc1OC. The van der Waals surface area contributed by atoms with Crippen LogP contribution in [0, 0.1) is 0 Å². The molecule has 0 bridgehead atoms. The van der Waals surface area contributed by atoms with Gasteiger partial charge in [-0.3, -0.25) is 4.79 Å². The molecular formula is C16H18N2O3. The van der Waals surface area contributed by atoms with Gasteiger partial charge in [0.25, 0.3) is 5.91 Å². The Kier molecular flexibility index (Phi) is 4.33. The van der Waals surface area contributed by atoms with E-state index in [-0.39, 0.29) is 5.91 Å². The Morgan fingerprint density at radius 3 is 2.38 bits per heavy atom. The van der Waals surface area contributed by atoms with E-state index in [1.165, 1.54) is 12.0 Å². The lowest BCUT2D eigenvalue weighted by Gasteiger charge is -2.21. The van der Waals surface area contributed by atoms with E-state index < -0.39 is 0 Å². The van der Waals surface area contributed by atoms with Crippen molar-refractivity contribution in [3.05, 3.63) is 48.0 Å². The lowest BCUT2D eigenvalue weighted by molar-refractivity contribution is 0.0989. The number of amides is 1. The van der Waals surface area contributed by atoms with Crippen LogP contribution in [0.25, 0.3) is 0 Å². The highest BCUT2D eigenvalue weighted by Crippen LogP contribution is 2.30. The number of para-hydroxylation sites is 2. The molecule has 0 saturated heterocycles. The molecule has 0 fully saturated rings. The first-order chi connectivity index (χ1) is 10.1. The molecule has 0 aliphatic carbocycles. The summed E-state index contributed by atoms with van der Waals surface area (Å²) in [5, 5.41) is 0. The molecule has 0 radical (unpaired) electrons. The molecule has 0 aromatic heterocycles. The fraction of sp³-hybridized carbons (Fsp3) is 0.188. The topological polar surface area (TPSA) is 64.8 Å². The molecule has 0 aliphatic heterocycles. The van der Waals surface area contributed by atoms with Crippen molar-refractivity contribution < 1.29 is 14.3 Å². The number of carbonyl (C=O) groups excluding carboxylic acids is 1. The average molecular weight is 286 g/mol. The standard InChI is InChI=1S/C16H18N2O3/c1-18(13-6-4-5-7-15(13)21-3)16(19)12-10-11(17)8-9-14(12)20-2/h4-10H,17H2,1-3H3. The summed E-state index contributed by atoms with van der Waals surface area (Å²) < 4.78 is 10.5. The molecule has 2 aromatic rings. The second kappa shape index (κ2) is 6.17. The summed E-state index contributed by atoms with van der Waals surface area (Å²) in [6.45, 7) is 0. The molecule has 5 heteroatoms. The minimum absolute atomic E-state index is 0.219. The first kappa shape index (κ1) is 14.7. The number of nitrogens with two attached hydrogens (primary N) is 1. The van der Waals surface area contributed by atoms with Crippen molar-refractivity contribution in [3.8, 4) is 11.5 Å². The van der Waals surface area contributed by atoms with E-state index >= 15 is 0 Å². The zero-order valence-corrected chi connectivity index (χ0v) is 12.3. The first-order valence-electron chi connectivity index (χ1n) is 6.43. The minimum Gasteiger partial charge on any atom is -0.496 e. The smallest absolute Gasteiger partial charge is 0.261 e. The van der Waals surface area contributed by atoms with Gasteiger partial charge in [0.1, 0.15) is 11.5 Å². The highest BCUT2D eigenvalue weighted by atomic mass is 16.5. The Labute approximate surface area is 123 Å². The van der Waals surface area contributed by atoms with Crippen molar-refractivity contribution >= 4 is 17.3 Å². The van der Waals surface area contributed by atoms with Gasteiger partial charge in [0.2, 0.25) is 0 Å². The number of ether oxygens (including phenoxy) is 2. The molecule has 0 unspecified atom stereocenters. The summed E-state index contributed by atoms with van der Waals surface area (Å²) >= 11 is 0. The van der Waals surface area contributed by atoms with Crippen LogP contribution in [0.4, 0.5) is 11.4 Å². The summed E-state index contributed by atoms with van der Waals surface area (Å²) in [6.07, 6.45) is 0. The van der Waals surface area contributed by atoms with E-state index in [1.54, 1.807) is 38.4 Å². The van der Waals surface area contributed by atoms with Gasteiger partial charge in [0.05, 0.1) is 25.5 Å². The van der Waals surface area contributed by atoms with Gasteiger partial charge >= 0.3 is 0 Å². The summed E-state index contributed by atoms with van der Waals surface area (Å²) in [5.74, 6) is 0.885. The Morgan fingerprint density at radius 1 is 1.05 bits per heavy atom. The summed E-state index contributed by atoms with van der Waals surface area (Å²) in [6, 6.07) is 12.3. The van der Waals surface area contributed by atoms with Gasteiger partial charge in [-0.1, -0.05) is 12.1 Å². The number of methoxy groups -OCH3 is 2. The Balaban J connectivity index is 2.42. The summed E-state index contributed by atoms with van der Waals surface area (Å²) in [4.78, 5) is 14.2. The molecule has 110 valence electrons. The molecule has 0 saturated carbocycles. The molecule has 1 amide bonds. The number of benzene rings is 2. The minimum atomic E-state index is -0.219. The largest absolute Gasteiger partial charge is 0.496 e. The van der Waals surface area contributed by atoms with Crippen LogP contribution in [0.5, 0.6) is 11.5 Å². The fourth-order valence-corrected chi connectivity index (χ4v) is 2.09. The van der Waals surface area contributed by atoms with E-state index in [2.05, 4.69) is 0 Å². The molecule has 21 heavy (non-hydrogen) atoms. The van der Waals surface area contributed by atoms with Crippen molar-refractivity contribution in [1.82, 2.24) is 0 Å². The lowest BCUT2D eigenvalue weighted by Crippen LogP contribution is -2.27. The Hall–Kier alpha value is -2.69. The van der Waals surface area contributed by atoms with Crippen molar-refractivity contribution in [3.63, 3.8) is 0 Å². The predicted octanol–water partition coefficient (Wildman–Crippen LogP) is 2.56. The normalized spacial score (nSPS) is 10.0. The molecule has 2 N–H and O–H groups in total. The molecule has 2 aromatic carbocycles. The molecule has 0 heterocycles. The van der Waals surface area contributed by atoms with Gasteiger partial charge in [0.15, 0.2) is 0 Å². The molecule has 5 nitrogen and oxygen atoms in total. The van der Waals surface area contributed by atoms with Crippen LogP contribution >= 0.6 is 0 Å². The van der Waals surface area contributed by atoms with Crippen molar-refractivity contribution in [2.75, 3.05) is 31.9 Å². The highest BCUT2D eigenvalue weighted by Gasteiger charge is 2.20. The van der Waals surface area contributed by atoms with E-state index in [4.69, 9.17) is 15.2 Å². The number of nitrogens with zero attached hydrogens (tertiary/aromatic N) is 1. The molecule has 0 aliphatic rings. The second-order valence-electron chi connectivity index (χ2n) is 4.50. The third-order valence-electron chi connectivity index (χ3n) is 3.21. The summed E-state index contributed by atoms with van der Waals surface area (Å²) in [5.41, 5.74) is 7.35. The van der Waals surface area contributed by atoms with Crippen molar-refractivity contribution in [1.29, 1.82) is 0 Å². The van der Waals surface area contributed by atoms with Crippen LogP contribution in [0.3, 0.4) is 0 Å².